The maximum atomic E-state index is 12.5. The van der Waals surface area contributed by atoms with E-state index >= 15 is 0 Å². The maximum absolute atomic E-state index is 12.5. The Bertz CT molecular complexity index is 511. The van der Waals surface area contributed by atoms with Crippen LogP contribution in [0.1, 0.15) is 45.0 Å². The van der Waals surface area contributed by atoms with Crippen molar-refractivity contribution in [3.05, 3.63) is 35.9 Å². The van der Waals surface area contributed by atoms with E-state index in [0.29, 0.717) is 11.3 Å². The van der Waals surface area contributed by atoms with Gasteiger partial charge in [0.1, 0.15) is 11.8 Å². The minimum Gasteiger partial charge on any atom is -0.376 e. The summed E-state index contributed by atoms with van der Waals surface area (Å²) in [6.45, 7) is 10.2. The van der Waals surface area contributed by atoms with E-state index in [-0.39, 0.29) is 23.4 Å². The lowest BCUT2D eigenvalue weighted by atomic mass is 10.0. The summed E-state index contributed by atoms with van der Waals surface area (Å²) >= 11 is 1.63. The third-order valence-corrected chi connectivity index (χ3v) is 4.59. The van der Waals surface area contributed by atoms with Crippen LogP contribution in [-0.4, -0.2) is 40.9 Å². The minimum absolute atomic E-state index is 0.0104. The number of carbonyl (C=O) groups is 2. The summed E-state index contributed by atoms with van der Waals surface area (Å²) in [5.74, 6) is 0.199. The number of aldehydes is 1. The first-order valence-corrected chi connectivity index (χ1v) is 8.75. The monoisotopic (exact) mass is 337 g/mol. The van der Waals surface area contributed by atoms with E-state index in [1.54, 1.807) is 36.0 Å². The van der Waals surface area contributed by atoms with Crippen LogP contribution in [0.4, 0.5) is 0 Å². The second kappa shape index (κ2) is 8.50. The summed E-state index contributed by atoms with van der Waals surface area (Å²) in [4.78, 5) is 24.3. The largest absolute Gasteiger partial charge is 0.376 e. The zero-order valence-corrected chi connectivity index (χ0v) is 15.4. The van der Waals surface area contributed by atoms with Gasteiger partial charge in [-0.05, 0) is 26.0 Å². The number of thioether (sulfide) groups is 1. The van der Waals surface area contributed by atoms with E-state index in [0.717, 1.165) is 6.29 Å². The van der Waals surface area contributed by atoms with Crippen LogP contribution >= 0.6 is 11.8 Å². The number of nitrogens with one attached hydrogen (secondary N) is 1. The standard InChI is InChI=1S/C18H27NO3S/c1-14(2)22-12-18(11-20,13-23-17(3,4)5)19-16(21)15-9-7-6-8-10-15/h6-11,14H,12-13H2,1-5H3,(H,19,21). The average molecular weight is 337 g/mol. The van der Waals surface area contributed by atoms with Gasteiger partial charge in [0.2, 0.25) is 0 Å². The molecule has 1 N–H and O–H groups in total. The van der Waals surface area contributed by atoms with Gasteiger partial charge in [-0.3, -0.25) is 4.79 Å². The van der Waals surface area contributed by atoms with Crippen molar-refractivity contribution in [3.8, 4) is 0 Å². The molecule has 1 unspecified atom stereocenters. The van der Waals surface area contributed by atoms with Gasteiger partial charge in [-0.15, -0.1) is 0 Å². The maximum Gasteiger partial charge on any atom is 0.252 e. The zero-order valence-electron chi connectivity index (χ0n) is 14.6. The summed E-state index contributed by atoms with van der Waals surface area (Å²) in [6, 6.07) is 8.90. The smallest absolute Gasteiger partial charge is 0.252 e. The first kappa shape index (κ1) is 19.7. The zero-order chi connectivity index (χ0) is 17.5. The van der Waals surface area contributed by atoms with Crippen molar-refractivity contribution < 1.29 is 14.3 Å². The Hall–Kier alpha value is -1.33. The van der Waals surface area contributed by atoms with Crippen LogP contribution < -0.4 is 5.32 Å². The number of hydrogen-bond acceptors (Lipinski definition) is 4. The molecule has 0 saturated carbocycles. The molecular formula is C18H27NO3S. The van der Waals surface area contributed by atoms with Crippen molar-refractivity contribution in [2.24, 2.45) is 0 Å². The number of carbonyl (C=O) groups excluding carboxylic acids is 2. The van der Waals surface area contributed by atoms with E-state index in [9.17, 15) is 9.59 Å². The van der Waals surface area contributed by atoms with Crippen molar-refractivity contribution in [2.75, 3.05) is 12.4 Å². The van der Waals surface area contributed by atoms with Crippen LogP contribution in [0.5, 0.6) is 0 Å². The Morgan fingerprint density at radius 3 is 2.35 bits per heavy atom. The second-order valence-corrected chi connectivity index (χ2v) is 8.66. The highest BCUT2D eigenvalue weighted by Gasteiger charge is 2.34. The quantitative estimate of drug-likeness (QED) is 0.740. The normalized spacial score (nSPS) is 14.3. The molecule has 0 aliphatic rings. The summed E-state index contributed by atoms with van der Waals surface area (Å²) in [7, 11) is 0. The molecule has 0 heterocycles. The lowest BCUT2D eigenvalue weighted by Crippen LogP contribution is -2.56. The molecule has 0 aliphatic carbocycles. The van der Waals surface area contributed by atoms with E-state index in [1.165, 1.54) is 0 Å². The summed E-state index contributed by atoms with van der Waals surface area (Å²) in [5.41, 5.74) is -0.501. The fraction of sp³-hybridized carbons (Fsp3) is 0.556. The highest BCUT2D eigenvalue weighted by atomic mass is 32.2. The predicted molar refractivity (Wildman–Crippen MR) is 96.0 cm³/mol. The first-order valence-electron chi connectivity index (χ1n) is 7.77. The summed E-state index contributed by atoms with van der Waals surface area (Å²) < 4.78 is 5.63. The van der Waals surface area contributed by atoms with E-state index in [4.69, 9.17) is 4.74 Å². The molecule has 0 bridgehead atoms. The molecule has 0 aromatic heterocycles. The highest BCUT2D eigenvalue weighted by molar-refractivity contribution is 8.00. The molecule has 1 amide bonds. The predicted octanol–water partition coefficient (Wildman–Crippen LogP) is 3.31. The number of ether oxygens (including phenoxy) is 1. The van der Waals surface area contributed by atoms with Crippen molar-refractivity contribution in [3.63, 3.8) is 0 Å². The minimum atomic E-state index is -1.03. The molecule has 4 nitrogen and oxygen atoms in total. The fourth-order valence-corrected chi connectivity index (χ4v) is 2.67. The van der Waals surface area contributed by atoms with Gasteiger partial charge in [0.05, 0.1) is 12.7 Å². The van der Waals surface area contributed by atoms with Gasteiger partial charge in [0, 0.05) is 16.1 Å². The van der Waals surface area contributed by atoms with E-state index < -0.39 is 5.54 Å². The average Bonchev–Trinajstić information content (AvgIpc) is 2.50. The molecule has 0 aliphatic heterocycles. The lowest BCUT2D eigenvalue weighted by molar-refractivity contribution is -0.115. The Balaban J connectivity index is 2.92. The molecule has 0 spiro atoms. The molecular weight excluding hydrogens is 310 g/mol. The van der Waals surface area contributed by atoms with Gasteiger partial charge in [0.25, 0.3) is 5.91 Å². The van der Waals surface area contributed by atoms with Crippen LogP contribution in [0, 0.1) is 0 Å². The van der Waals surface area contributed by atoms with Crippen molar-refractivity contribution in [2.45, 2.75) is 51.0 Å². The topological polar surface area (TPSA) is 55.4 Å². The van der Waals surface area contributed by atoms with Crippen LogP contribution in [0.3, 0.4) is 0 Å². The van der Waals surface area contributed by atoms with Crippen LogP contribution in [0.15, 0.2) is 30.3 Å². The molecule has 1 rings (SSSR count). The molecule has 0 fully saturated rings. The molecule has 1 aromatic carbocycles. The highest BCUT2D eigenvalue weighted by Crippen LogP contribution is 2.27. The lowest BCUT2D eigenvalue weighted by Gasteiger charge is -2.32. The summed E-state index contributed by atoms with van der Waals surface area (Å²) in [6.07, 6.45) is 0.789. The van der Waals surface area contributed by atoms with Gasteiger partial charge >= 0.3 is 0 Å². The fourth-order valence-electron chi connectivity index (χ4n) is 1.76. The van der Waals surface area contributed by atoms with Gasteiger partial charge < -0.3 is 14.8 Å². The van der Waals surface area contributed by atoms with Gasteiger partial charge in [0.15, 0.2) is 0 Å². The van der Waals surface area contributed by atoms with Crippen molar-refractivity contribution in [1.82, 2.24) is 5.32 Å². The third kappa shape index (κ3) is 7.18. The van der Waals surface area contributed by atoms with E-state index in [2.05, 4.69) is 26.1 Å². The van der Waals surface area contributed by atoms with Gasteiger partial charge in [-0.1, -0.05) is 39.0 Å². The Morgan fingerprint density at radius 2 is 1.87 bits per heavy atom. The molecule has 1 aromatic rings. The second-order valence-electron chi connectivity index (χ2n) is 6.85. The molecule has 1 atom stereocenters. The number of rotatable bonds is 8. The SMILES string of the molecule is CC(C)OCC(C=O)(CSC(C)(C)C)NC(=O)c1ccccc1. The molecule has 128 valence electrons. The number of amides is 1. The number of hydrogen-bond donors (Lipinski definition) is 1. The molecule has 23 heavy (non-hydrogen) atoms. The Labute approximate surface area is 143 Å². The van der Waals surface area contributed by atoms with Crippen LogP contribution in [0.2, 0.25) is 0 Å². The molecule has 0 saturated heterocycles. The van der Waals surface area contributed by atoms with Crippen LogP contribution in [0.25, 0.3) is 0 Å². The van der Waals surface area contributed by atoms with E-state index in [1.807, 2.05) is 19.9 Å². The molecule has 5 heteroatoms. The summed E-state index contributed by atoms with van der Waals surface area (Å²) in [5, 5.41) is 2.87. The van der Waals surface area contributed by atoms with Crippen LogP contribution in [-0.2, 0) is 9.53 Å². The first-order chi connectivity index (χ1) is 10.7. The number of benzene rings is 1. The van der Waals surface area contributed by atoms with Gasteiger partial charge in [-0.2, -0.15) is 11.8 Å². The Kier molecular flexibility index (Phi) is 7.29. The Morgan fingerprint density at radius 1 is 1.26 bits per heavy atom. The van der Waals surface area contributed by atoms with Gasteiger partial charge in [-0.25, -0.2) is 0 Å². The van der Waals surface area contributed by atoms with Crippen molar-refractivity contribution in [1.29, 1.82) is 0 Å². The van der Waals surface area contributed by atoms with Crippen molar-refractivity contribution >= 4 is 24.0 Å². The third-order valence-electron chi connectivity index (χ3n) is 3.06. The molecule has 0 radical (unpaired) electrons.